The molecule has 4 aromatic heterocycles. The Morgan fingerprint density at radius 2 is 1.73 bits per heavy atom. The highest BCUT2D eigenvalue weighted by molar-refractivity contribution is 6.04. The lowest BCUT2D eigenvalue weighted by Crippen LogP contribution is -2.35. The number of aliphatic hydroxyl groups is 1. The summed E-state index contributed by atoms with van der Waals surface area (Å²) in [6.07, 6.45) is 3.37. The van der Waals surface area contributed by atoms with Crippen LogP contribution in [-0.2, 0) is 37.3 Å². The van der Waals surface area contributed by atoms with Crippen LogP contribution < -0.4 is 21.1 Å². The molecule has 1 aliphatic heterocycles. The number of benzene rings is 2. The number of allylic oxidation sites excluding steroid dienone is 2. The van der Waals surface area contributed by atoms with Gasteiger partial charge in [-0.25, -0.2) is 15.0 Å². The first-order valence-electron chi connectivity index (χ1n) is 18.7. The number of nitrogens with two attached hydrogens (primary N) is 1. The molecule has 1 atom stereocenters. The molecule has 0 bridgehead atoms. The summed E-state index contributed by atoms with van der Waals surface area (Å²) in [6.45, 7) is 12.4. The number of morpholine rings is 1. The molecule has 1 unspecified atom stereocenters. The number of aryl methyl sites for hydroxylation is 4. The third kappa shape index (κ3) is 7.73. The van der Waals surface area contributed by atoms with Crippen LogP contribution in [0, 0.1) is 13.8 Å². The molecule has 2 aromatic carbocycles. The fraction of sp³-hybridized carbons (Fsp3) is 0.385. The van der Waals surface area contributed by atoms with E-state index in [4.69, 9.17) is 29.6 Å². The van der Waals surface area contributed by atoms with E-state index >= 15 is 0 Å². The van der Waals surface area contributed by atoms with E-state index in [9.17, 15) is 14.7 Å². The van der Waals surface area contributed by atoms with Crippen molar-refractivity contribution >= 4 is 45.8 Å². The van der Waals surface area contributed by atoms with E-state index in [2.05, 4.69) is 36.2 Å². The minimum Gasteiger partial charge on any atom is -0.494 e. The quantitative estimate of drug-likeness (QED) is 0.0853. The Morgan fingerprint density at radius 1 is 1.00 bits per heavy atom. The summed E-state index contributed by atoms with van der Waals surface area (Å²) in [6, 6.07) is 11.0. The molecule has 5 N–H and O–H groups in total. The van der Waals surface area contributed by atoms with Gasteiger partial charge in [-0.3, -0.25) is 24.5 Å². The Morgan fingerprint density at radius 3 is 2.43 bits per heavy atom. The fourth-order valence-corrected chi connectivity index (χ4v) is 7.12. The number of hydrogen-bond acceptors (Lipinski definition) is 12. The monoisotopic (exact) mass is 765 g/mol. The summed E-state index contributed by atoms with van der Waals surface area (Å²) in [7, 11) is 1.49. The molecule has 2 amide bonds. The highest BCUT2D eigenvalue weighted by Crippen LogP contribution is 2.32. The van der Waals surface area contributed by atoms with E-state index in [0.717, 1.165) is 35.4 Å². The van der Waals surface area contributed by atoms with Crippen LogP contribution in [0.5, 0.6) is 5.75 Å². The maximum atomic E-state index is 13.5. The molecule has 294 valence electrons. The molecule has 0 radical (unpaired) electrons. The maximum absolute atomic E-state index is 13.5. The van der Waals surface area contributed by atoms with Crippen LogP contribution in [-0.4, -0.2) is 89.1 Å². The van der Waals surface area contributed by atoms with Crippen molar-refractivity contribution in [2.45, 2.75) is 66.5 Å². The number of para-hydroxylation sites is 1. The summed E-state index contributed by atoms with van der Waals surface area (Å²) < 4.78 is 22.6. The van der Waals surface area contributed by atoms with Crippen molar-refractivity contribution in [3.05, 3.63) is 88.4 Å². The van der Waals surface area contributed by atoms with Crippen molar-refractivity contribution in [3.8, 4) is 5.75 Å². The van der Waals surface area contributed by atoms with E-state index in [1.54, 1.807) is 28.3 Å². The number of anilines is 2. The van der Waals surface area contributed by atoms with Gasteiger partial charge in [-0.15, -0.1) is 0 Å². The average molecular weight is 766 g/mol. The third-order valence-electron chi connectivity index (χ3n) is 9.75. The van der Waals surface area contributed by atoms with Crippen molar-refractivity contribution in [2.24, 2.45) is 5.73 Å². The van der Waals surface area contributed by atoms with Crippen LogP contribution in [0.25, 0.3) is 22.1 Å². The standard InChI is InChI=1S/C39H47N11O6/c1-6-27-34(56-24(4)41-27)37(53)45-39-43-29-20-26(35(40)51)21-31(54-5)33(29)49(39)14-9-8-13-48-32-25(22-47-15-17-55-18-16-47)11-10-12-28(32)42-38(48)44-36(52)30-19-23(3)46-50(30)7-2/h8-12,19-21,36,52H,6-7,13-18,22H2,1-5H3,(H2,40,51)(H,42,44)(H,43,45,53)/b9-8+. The molecule has 17 nitrogen and oxygen atoms in total. The van der Waals surface area contributed by atoms with E-state index in [-0.39, 0.29) is 23.8 Å². The summed E-state index contributed by atoms with van der Waals surface area (Å²) in [5.74, 6) is 0.386. The Labute approximate surface area is 323 Å². The lowest BCUT2D eigenvalue weighted by atomic mass is 10.1. The number of carbonyl (C=O) groups is 2. The van der Waals surface area contributed by atoms with Crippen molar-refractivity contribution in [3.63, 3.8) is 0 Å². The summed E-state index contributed by atoms with van der Waals surface area (Å²) >= 11 is 0. The van der Waals surface area contributed by atoms with Gasteiger partial charge in [0.05, 0.1) is 54.0 Å². The zero-order valence-electron chi connectivity index (χ0n) is 32.2. The highest BCUT2D eigenvalue weighted by Gasteiger charge is 2.24. The van der Waals surface area contributed by atoms with Gasteiger partial charge in [0.25, 0.3) is 5.91 Å². The molecule has 17 heteroatoms. The van der Waals surface area contributed by atoms with Crippen molar-refractivity contribution in [2.75, 3.05) is 44.0 Å². The Bertz CT molecular complexity index is 2420. The van der Waals surface area contributed by atoms with E-state index in [0.29, 0.717) is 79.3 Å². The van der Waals surface area contributed by atoms with Gasteiger partial charge in [0, 0.05) is 51.8 Å². The first kappa shape index (κ1) is 38.2. The van der Waals surface area contributed by atoms with Gasteiger partial charge in [-0.05, 0) is 50.1 Å². The molecule has 0 aliphatic carbocycles. The van der Waals surface area contributed by atoms with Crippen LogP contribution >= 0.6 is 0 Å². The van der Waals surface area contributed by atoms with Crippen LogP contribution in [0.4, 0.5) is 11.9 Å². The Kier molecular flexibility index (Phi) is 11.2. The number of aromatic nitrogens is 7. The number of hydrogen-bond donors (Lipinski definition) is 4. The van der Waals surface area contributed by atoms with Crippen LogP contribution in [0.1, 0.15) is 69.5 Å². The van der Waals surface area contributed by atoms with Crippen LogP contribution in [0.2, 0.25) is 0 Å². The second kappa shape index (κ2) is 16.4. The minimum atomic E-state index is -1.07. The number of primary amides is 1. The molecule has 1 aliphatic rings. The van der Waals surface area contributed by atoms with Crippen molar-refractivity contribution in [1.29, 1.82) is 0 Å². The SMILES string of the molecule is CCc1nc(C)oc1C(=O)Nc1nc2cc(C(N)=O)cc(OC)c2n1C/C=C/Cn1c(NC(O)c2cc(C)nn2CC)nc2cccc(CN3CCOCC3)c21. The number of nitrogens with one attached hydrogen (secondary N) is 2. The average Bonchev–Trinajstić information content (AvgIpc) is 3.95. The van der Waals surface area contributed by atoms with Gasteiger partial charge in [-0.1, -0.05) is 31.2 Å². The first-order chi connectivity index (χ1) is 27.1. The zero-order valence-corrected chi connectivity index (χ0v) is 32.2. The second-order valence-corrected chi connectivity index (χ2v) is 13.5. The molecule has 0 spiro atoms. The number of methoxy groups -OCH3 is 1. The largest absolute Gasteiger partial charge is 0.494 e. The molecule has 1 fully saturated rings. The summed E-state index contributed by atoms with van der Waals surface area (Å²) in [5, 5.41) is 22.1. The predicted molar refractivity (Wildman–Crippen MR) is 210 cm³/mol. The number of nitrogens with zero attached hydrogens (tertiary/aromatic N) is 8. The smallest absolute Gasteiger partial charge is 0.295 e. The molecular formula is C39H47N11O6. The summed E-state index contributed by atoms with van der Waals surface area (Å²) in [5.41, 5.74) is 11.6. The van der Waals surface area contributed by atoms with Gasteiger partial charge in [0.15, 0.2) is 12.1 Å². The van der Waals surface area contributed by atoms with E-state index in [1.807, 2.05) is 51.1 Å². The fourth-order valence-electron chi connectivity index (χ4n) is 7.12. The van der Waals surface area contributed by atoms with Crippen LogP contribution in [0.15, 0.2) is 53.0 Å². The highest BCUT2D eigenvalue weighted by atomic mass is 16.5. The predicted octanol–water partition coefficient (Wildman–Crippen LogP) is 4.32. The molecule has 1 saturated heterocycles. The molecule has 6 aromatic rings. The zero-order chi connectivity index (χ0) is 39.5. The molecular weight excluding hydrogens is 718 g/mol. The number of aliphatic hydroxyl groups excluding tert-OH is 1. The normalized spacial score (nSPS) is 14.2. The first-order valence-corrected chi connectivity index (χ1v) is 18.7. The van der Waals surface area contributed by atoms with Crippen molar-refractivity contribution in [1.82, 2.24) is 38.8 Å². The van der Waals surface area contributed by atoms with Crippen LogP contribution in [0.3, 0.4) is 0 Å². The third-order valence-corrected chi connectivity index (χ3v) is 9.75. The number of imidazole rings is 2. The number of fused-ring (bicyclic) bond motifs is 2. The number of rotatable bonds is 15. The lowest BCUT2D eigenvalue weighted by Gasteiger charge is -2.27. The second-order valence-electron chi connectivity index (χ2n) is 13.5. The van der Waals surface area contributed by atoms with Gasteiger partial charge in [0.1, 0.15) is 11.3 Å². The van der Waals surface area contributed by atoms with Gasteiger partial charge in [0.2, 0.25) is 23.6 Å². The van der Waals surface area contributed by atoms with E-state index in [1.165, 1.54) is 7.11 Å². The maximum Gasteiger partial charge on any atom is 0.295 e. The number of oxazole rings is 1. The number of ether oxygens (including phenoxy) is 2. The van der Waals surface area contributed by atoms with Gasteiger partial charge >= 0.3 is 0 Å². The molecule has 0 saturated carbocycles. The Hall–Kier alpha value is -6.04. The van der Waals surface area contributed by atoms with Crippen molar-refractivity contribution < 1.29 is 28.6 Å². The number of amides is 2. The van der Waals surface area contributed by atoms with Gasteiger partial charge < -0.3 is 39.2 Å². The number of carbonyl (C=O) groups excluding carboxylic acids is 2. The molecule has 7 rings (SSSR count). The molecule has 5 heterocycles. The Balaban J connectivity index is 1.25. The topological polar surface area (TPSA) is 206 Å². The summed E-state index contributed by atoms with van der Waals surface area (Å²) in [4.78, 5) is 42.1. The van der Waals surface area contributed by atoms with Gasteiger partial charge in [-0.2, -0.15) is 5.10 Å². The van der Waals surface area contributed by atoms with E-state index < -0.39 is 18.0 Å². The lowest BCUT2D eigenvalue weighted by molar-refractivity contribution is 0.0343. The molecule has 56 heavy (non-hydrogen) atoms. The minimum absolute atomic E-state index is 0.100.